The van der Waals surface area contributed by atoms with Crippen LogP contribution < -0.4 is 5.32 Å². The second kappa shape index (κ2) is 10.4. The summed E-state index contributed by atoms with van der Waals surface area (Å²) < 4.78 is 0. The van der Waals surface area contributed by atoms with Crippen LogP contribution in [0.4, 0.5) is 5.69 Å². The molecule has 0 unspecified atom stereocenters. The molecule has 0 bridgehead atoms. The number of aromatic hydroxyl groups is 1. The molecule has 204 valence electrons. The number of hydrogen-bond donors (Lipinski definition) is 2. The highest BCUT2D eigenvalue weighted by atomic mass is 32.2. The Labute approximate surface area is 243 Å². The van der Waals surface area contributed by atoms with E-state index >= 15 is 0 Å². The van der Waals surface area contributed by atoms with Crippen molar-refractivity contribution in [2.75, 3.05) is 5.32 Å². The normalized spacial score (nSPS) is 11.7. The van der Waals surface area contributed by atoms with Crippen molar-refractivity contribution in [1.82, 2.24) is 15.0 Å². The summed E-state index contributed by atoms with van der Waals surface area (Å²) >= 11 is 1.61. The van der Waals surface area contributed by atoms with Gasteiger partial charge in [0.05, 0.1) is 0 Å². The van der Waals surface area contributed by atoms with Crippen molar-refractivity contribution in [3.05, 3.63) is 114 Å². The fourth-order valence-corrected chi connectivity index (χ4v) is 5.68. The molecule has 0 aliphatic carbocycles. The van der Waals surface area contributed by atoms with E-state index in [-0.39, 0.29) is 17.1 Å². The van der Waals surface area contributed by atoms with Gasteiger partial charge in [-0.3, -0.25) is 4.79 Å². The third-order valence-corrected chi connectivity index (χ3v) is 7.97. The molecule has 1 aromatic heterocycles. The highest BCUT2D eigenvalue weighted by Gasteiger charge is 2.22. The summed E-state index contributed by atoms with van der Waals surface area (Å²) in [7, 11) is 0. The van der Waals surface area contributed by atoms with Crippen LogP contribution in [-0.4, -0.2) is 26.0 Å². The molecule has 1 amide bonds. The summed E-state index contributed by atoms with van der Waals surface area (Å²) in [6.45, 7) is 8.24. The predicted molar refractivity (Wildman–Crippen MR) is 166 cm³/mol. The van der Waals surface area contributed by atoms with E-state index in [0.717, 1.165) is 48.4 Å². The number of fused-ring (bicyclic) bond motifs is 2. The monoisotopic (exact) mass is 558 g/mol. The summed E-state index contributed by atoms with van der Waals surface area (Å²) in [6.07, 6.45) is 0. The molecule has 41 heavy (non-hydrogen) atoms. The van der Waals surface area contributed by atoms with Gasteiger partial charge in [0.25, 0.3) is 5.91 Å². The molecule has 6 aromatic rings. The smallest absolute Gasteiger partial charge is 0.255 e. The lowest BCUT2D eigenvalue weighted by Gasteiger charge is -2.22. The molecule has 6 rings (SSSR count). The molecule has 0 aliphatic heterocycles. The van der Waals surface area contributed by atoms with Gasteiger partial charge in [0.1, 0.15) is 22.5 Å². The lowest BCUT2D eigenvalue weighted by molar-refractivity contribution is 0.102. The first-order valence-corrected chi connectivity index (χ1v) is 14.3. The van der Waals surface area contributed by atoms with E-state index in [2.05, 4.69) is 36.3 Å². The van der Waals surface area contributed by atoms with E-state index in [9.17, 15) is 9.90 Å². The van der Waals surface area contributed by atoms with E-state index in [1.807, 2.05) is 104 Å². The van der Waals surface area contributed by atoms with Crippen molar-refractivity contribution in [2.45, 2.75) is 42.9 Å². The maximum atomic E-state index is 12.8. The molecular weight excluding hydrogens is 528 g/mol. The zero-order valence-corrected chi connectivity index (χ0v) is 24.2. The molecule has 0 fully saturated rings. The van der Waals surface area contributed by atoms with Crippen LogP contribution in [-0.2, 0) is 5.41 Å². The molecule has 2 N–H and O–H groups in total. The largest absolute Gasteiger partial charge is 0.505 e. The Hall–Kier alpha value is -4.62. The van der Waals surface area contributed by atoms with Gasteiger partial charge >= 0.3 is 0 Å². The molecule has 0 spiro atoms. The summed E-state index contributed by atoms with van der Waals surface area (Å²) in [5.41, 5.74) is 5.11. The highest BCUT2D eigenvalue weighted by molar-refractivity contribution is 7.99. The number of aryl methyl sites for hydroxylation is 1. The SMILES string of the molecule is Cc1cc(-n2nc3ccc(Sc4ccc(NC(=O)c5ccc6ccccc6c5)cc4)cc3n2)c(O)c(C(C)(C)C)c1. The minimum absolute atomic E-state index is 0.140. The number of rotatable bonds is 5. The van der Waals surface area contributed by atoms with Crippen LogP contribution in [0.3, 0.4) is 0 Å². The summed E-state index contributed by atoms with van der Waals surface area (Å²) in [5, 5.41) is 25.5. The van der Waals surface area contributed by atoms with Gasteiger partial charge in [0, 0.05) is 26.6 Å². The lowest BCUT2D eigenvalue weighted by Crippen LogP contribution is -2.13. The van der Waals surface area contributed by atoms with Gasteiger partial charge < -0.3 is 10.4 Å². The second-order valence-electron chi connectivity index (χ2n) is 11.2. The van der Waals surface area contributed by atoms with Gasteiger partial charge in [0.2, 0.25) is 0 Å². The van der Waals surface area contributed by atoms with Gasteiger partial charge in [0.15, 0.2) is 0 Å². The number of nitrogens with zero attached hydrogens (tertiary/aromatic N) is 3. The fraction of sp³-hybridized carbons (Fsp3) is 0.147. The molecule has 1 heterocycles. The third kappa shape index (κ3) is 5.54. The van der Waals surface area contributed by atoms with Crippen LogP contribution >= 0.6 is 11.8 Å². The third-order valence-electron chi connectivity index (χ3n) is 6.97. The van der Waals surface area contributed by atoms with Crippen molar-refractivity contribution in [3.8, 4) is 11.4 Å². The minimum Gasteiger partial charge on any atom is -0.505 e. The Balaban J connectivity index is 1.18. The van der Waals surface area contributed by atoms with Crippen LogP contribution in [0.2, 0.25) is 0 Å². The Kier molecular flexibility index (Phi) is 6.75. The second-order valence-corrected chi connectivity index (χ2v) is 12.4. The molecule has 7 heteroatoms. The molecule has 5 aromatic carbocycles. The molecule has 0 radical (unpaired) electrons. The lowest BCUT2D eigenvalue weighted by atomic mass is 9.85. The number of carbonyl (C=O) groups excluding carboxylic acids is 1. The van der Waals surface area contributed by atoms with Gasteiger partial charge in [-0.05, 0) is 89.3 Å². The zero-order chi connectivity index (χ0) is 28.7. The maximum Gasteiger partial charge on any atom is 0.255 e. The summed E-state index contributed by atoms with van der Waals surface area (Å²) in [5.74, 6) is 0.0600. The number of nitrogens with one attached hydrogen (secondary N) is 1. The van der Waals surface area contributed by atoms with E-state index in [1.165, 1.54) is 4.80 Å². The number of aromatic nitrogens is 3. The standard InChI is InChI=1S/C34H30N4O2S/c1-21-17-28(34(2,3)4)32(39)31(18-21)38-36-29-16-15-27(20-30(29)37-38)41-26-13-11-25(12-14-26)35-33(40)24-10-9-22-7-5-6-8-23(22)19-24/h5-20,39H,1-4H3,(H,35,40). The van der Waals surface area contributed by atoms with E-state index in [1.54, 1.807) is 11.8 Å². The van der Waals surface area contributed by atoms with E-state index in [4.69, 9.17) is 0 Å². The van der Waals surface area contributed by atoms with Crippen molar-refractivity contribution in [1.29, 1.82) is 0 Å². The summed E-state index contributed by atoms with van der Waals surface area (Å²) in [4.78, 5) is 16.4. The Morgan fingerprint density at radius 1 is 0.805 bits per heavy atom. The number of phenols is 1. The average molecular weight is 559 g/mol. The van der Waals surface area contributed by atoms with Crippen LogP contribution in [0.25, 0.3) is 27.5 Å². The molecule has 0 atom stereocenters. The quantitative estimate of drug-likeness (QED) is 0.223. The number of anilines is 1. The van der Waals surface area contributed by atoms with Gasteiger partial charge in [-0.2, -0.15) is 0 Å². The first kappa shape index (κ1) is 26.6. The van der Waals surface area contributed by atoms with Gasteiger partial charge in [-0.25, -0.2) is 0 Å². The van der Waals surface area contributed by atoms with Crippen LogP contribution in [0.15, 0.2) is 107 Å². The van der Waals surface area contributed by atoms with Crippen molar-refractivity contribution in [2.24, 2.45) is 0 Å². The Bertz CT molecular complexity index is 1920. The van der Waals surface area contributed by atoms with Gasteiger partial charge in [-0.1, -0.05) is 68.9 Å². The minimum atomic E-state index is -0.212. The van der Waals surface area contributed by atoms with Crippen molar-refractivity contribution < 1.29 is 9.90 Å². The molecule has 6 nitrogen and oxygen atoms in total. The molecule has 0 saturated carbocycles. The predicted octanol–water partition coefficient (Wildman–Crippen LogP) is 8.29. The Morgan fingerprint density at radius 2 is 1.51 bits per heavy atom. The van der Waals surface area contributed by atoms with Crippen LogP contribution in [0.5, 0.6) is 5.75 Å². The van der Waals surface area contributed by atoms with E-state index in [0.29, 0.717) is 11.3 Å². The van der Waals surface area contributed by atoms with Crippen LogP contribution in [0, 0.1) is 6.92 Å². The molecular formula is C34H30N4O2S. The number of carbonyl (C=O) groups is 1. The summed E-state index contributed by atoms with van der Waals surface area (Å²) in [6, 6.07) is 31.4. The van der Waals surface area contributed by atoms with Gasteiger partial charge in [-0.15, -0.1) is 15.0 Å². The maximum absolute atomic E-state index is 12.8. The topological polar surface area (TPSA) is 80.0 Å². The molecule has 0 aliphatic rings. The number of phenolic OH excluding ortho intramolecular Hbond substituents is 1. The van der Waals surface area contributed by atoms with Crippen molar-refractivity contribution in [3.63, 3.8) is 0 Å². The first-order valence-electron chi connectivity index (χ1n) is 13.4. The average Bonchev–Trinajstić information content (AvgIpc) is 3.37. The first-order chi connectivity index (χ1) is 19.6. The zero-order valence-electron chi connectivity index (χ0n) is 23.3. The fourth-order valence-electron chi connectivity index (χ4n) is 4.83. The van der Waals surface area contributed by atoms with Crippen LogP contribution in [0.1, 0.15) is 42.3 Å². The highest BCUT2D eigenvalue weighted by Crippen LogP contribution is 2.36. The molecule has 0 saturated heterocycles. The van der Waals surface area contributed by atoms with Crippen molar-refractivity contribution >= 4 is 45.2 Å². The number of amides is 1. The van der Waals surface area contributed by atoms with E-state index < -0.39 is 0 Å². The number of hydrogen-bond acceptors (Lipinski definition) is 5. The number of benzene rings is 5. The Morgan fingerprint density at radius 3 is 2.27 bits per heavy atom.